The van der Waals surface area contributed by atoms with Gasteiger partial charge in [-0.2, -0.15) is 26.3 Å². The number of aromatic nitrogens is 1. The maximum atomic E-state index is 13.4. The molecule has 2 aromatic carbocycles. The van der Waals surface area contributed by atoms with Gasteiger partial charge in [-0.05, 0) is 74.7 Å². The van der Waals surface area contributed by atoms with E-state index in [1.54, 1.807) is 44.2 Å². The standard InChI is InChI=1S/C32H33F6N3O5/c1-5-6-20-17-22(30(44,31(33,34)35)32(36,37)38)9-14-26(20)46-25-13-10-23(39-18-25)15-16-41-27(42)29(4,40-28(41)43)21-7-11-24(12-8-21)45-19(2)3/h7-14,17-19,44H,5-6,15-16H2,1-4H3,(H,40,43). The summed E-state index contributed by atoms with van der Waals surface area (Å²) in [5.74, 6) is 0.325. The molecule has 1 aliphatic heterocycles. The van der Waals surface area contributed by atoms with Crippen molar-refractivity contribution in [2.24, 2.45) is 0 Å². The third-order valence-electron chi connectivity index (χ3n) is 7.51. The van der Waals surface area contributed by atoms with Crippen molar-refractivity contribution in [3.05, 3.63) is 83.2 Å². The molecule has 2 N–H and O–H groups in total. The first-order valence-electron chi connectivity index (χ1n) is 14.4. The van der Waals surface area contributed by atoms with Crippen molar-refractivity contribution in [2.75, 3.05) is 6.54 Å². The molecular weight excluding hydrogens is 620 g/mol. The van der Waals surface area contributed by atoms with E-state index in [0.29, 0.717) is 35.6 Å². The smallest absolute Gasteiger partial charge is 0.430 e. The van der Waals surface area contributed by atoms with Crippen molar-refractivity contribution in [3.63, 3.8) is 0 Å². The van der Waals surface area contributed by atoms with Crippen LogP contribution in [0.2, 0.25) is 0 Å². The lowest BCUT2D eigenvalue weighted by atomic mass is 9.90. The first-order valence-corrected chi connectivity index (χ1v) is 14.4. The van der Waals surface area contributed by atoms with E-state index < -0.39 is 41.0 Å². The van der Waals surface area contributed by atoms with Crippen molar-refractivity contribution < 1.29 is 50.5 Å². The van der Waals surface area contributed by atoms with Crippen molar-refractivity contribution in [2.45, 2.75) is 76.6 Å². The molecule has 1 atom stereocenters. The molecule has 0 aliphatic carbocycles. The molecule has 1 aromatic heterocycles. The average molecular weight is 654 g/mol. The molecular formula is C32H33F6N3O5. The van der Waals surface area contributed by atoms with Crippen LogP contribution < -0.4 is 14.8 Å². The predicted molar refractivity (Wildman–Crippen MR) is 154 cm³/mol. The van der Waals surface area contributed by atoms with Crippen LogP contribution in [-0.2, 0) is 28.8 Å². The molecule has 248 valence electrons. The number of imide groups is 1. The minimum atomic E-state index is -6.01. The van der Waals surface area contributed by atoms with Crippen LogP contribution in [0.4, 0.5) is 31.1 Å². The Kier molecular flexibility index (Phi) is 9.62. The molecule has 0 bridgehead atoms. The van der Waals surface area contributed by atoms with Crippen molar-refractivity contribution in [1.82, 2.24) is 15.2 Å². The van der Waals surface area contributed by atoms with Crippen LogP contribution in [-0.4, -0.2) is 51.9 Å². The van der Waals surface area contributed by atoms with E-state index in [2.05, 4.69) is 10.3 Å². The van der Waals surface area contributed by atoms with Crippen LogP contribution in [0.25, 0.3) is 0 Å². The molecule has 0 saturated carbocycles. The predicted octanol–water partition coefficient (Wildman–Crippen LogP) is 6.94. The minimum Gasteiger partial charge on any atom is -0.491 e. The summed E-state index contributed by atoms with van der Waals surface area (Å²) in [6.45, 7) is 7.09. The first kappa shape index (κ1) is 34.5. The van der Waals surface area contributed by atoms with Gasteiger partial charge in [0.1, 0.15) is 22.8 Å². The fourth-order valence-corrected chi connectivity index (χ4v) is 5.06. The van der Waals surface area contributed by atoms with E-state index in [0.717, 1.165) is 11.0 Å². The van der Waals surface area contributed by atoms with Gasteiger partial charge < -0.3 is 19.9 Å². The number of pyridine rings is 1. The number of hydrogen-bond acceptors (Lipinski definition) is 6. The monoisotopic (exact) mass is 653 g/mol. The Morgan fingerprint density at radius 2 is 1.57 bits per heavy atom. The number of benzene rings is 2. The molecule has 2 heterocycles. The number of carbonyl (C=O) groups excluding carboxylic acids is 2. The van der Waals surface area contributed by atoms with Gasteiger partial charge in [0.05, 0.1) is 12.3 Å². The molecule has 0 spiro atoms. The Labute approximate surface area is 261 Å². The number of nitrogens with zero attached hydrogens (tertiary/aromatic N) is 2. The highest BCUT2D eigenvalue weighted by Crippen LogP contribution is 2.50. The quantitative estimate of drug-likeness (QED) is 0.172. The summed E-state index contributed by atoms with van der Waals surface area (Å²) < 4.78 is 91.8. The summed E-state index contributed by atoms with van der Waals surface area (Å²) in [7, 11) is 0. The van der Waals surface area contributed by atoms with Gasteiger partial charge in [-0.1, -0.05) is 31.5 Å². The first-order chi connectivity index (χ1) is 21.4. The average Bonchev–Trinajstić information content (AvgIpc) is 3.19. The second-order valence-electron chi connectivity index (χ2n) is 11.3. The number of halogens is 6. The number of alkyl halides is 6. The normalized spacial score (nSPS) is 17.4. The summed E-state index contributed by atoms with van der Waals surface area (Å²) in [5.41, 5.74) is -6.60. The van der Waals surface area contributed by atoms with E-state index in [1.165, 1.54) is 12.3 Å². The highest BCUT2D eigenvalue weighted by Gasteiger charge is 2.71. The second kappa shape index (κ2) is 12.8. The number of urea groups is 1. The zero-order chi connectivity index (χ0) is 34.1. The van der Waals surface area contributed by atoms with Crippen molar-refractivity contribution >= 4 is 11.9 Å². The Bertz CT molecular complexity index is 1540. The molecule has 1 saturated heterocycles. The van der Waals surface area contributed by atoms with Crippen LogP contribution in [0, 0.1) is 0 Å². The van der Waals surface area contributed by atoms with Gasteiger partial charge >= 0.3 is 18.4 Å². The van der Waals surface area contributed by atoms with E-state index in [-0.39, 0.29) is 42.6 Å². The van der Waals surface area contributed by atoms with Gasteiger partial charge in [0.15, 0.2) is 0 Å². The Hall–Kier alpha value is -4.33. The van der Waals surface area contributed by atoms with E-state index >= 15 is 0 Å². The number of aryl methyl sites for hydroxylation is 1. The summed E-state index contributed by atoms with van der Waals surface area (Å²) in [6, 6.07) is 11.5. The lowest BCUT2D eigenvalue weighted by Gasteiger charge is -2.33. The third-order valence-corrected chi connectivity index (χ3v) is 7.51. The van der Waals surface area contributed by atoms with Gasteiger partial charge in [0, 0.05) is 24.2 Å². The molecule has 14 heteroatoms. The van der Waals surface area contributed by atoms with Gasteiger partial charge in [-0.25, -0.2) is 4.79 Å². The van der Waals surface area contributed by atoms with Crippen LogP contribution in [0.3, 0.4) is 0 Å². The second-order valence-corrected chi connectivity index (χ2v) is 11.3. The Morgan fingerprint density at radius 1 is 0.935 bits per heavy atom. The summed E-state index contributed by atoms with van der Waals surface area (Å²) in [4.78, 5) is 31.4. The molecule has 0 radical (unpaired) electrons. The number of aliphatic hydroxyl groups is 1. The van der Waals surface area contributed by atoms with Gasteiger partial charge in [-0.3, -0.25) is 14.7 Å². The van der Waals surface area contributed by atoms with E-state index in [9.17, 15) is 41.0 Å². The number of rotatable bonds is 11. The summed E-state index contributed by atoms with van der Waals surface area (Å²) >= 11 is 0. The highest BCUT2D eigenvalue weighted by atomic mass is 19.4. The maximum absolute atomic E-state index is 13.4. The van der Waals surface area contributed by atoms with Gasteiger partial charge in [0.25, 0.3) is 11.5 Å². The lowest BCUT2D eigenvalue weighted by molar-refractivity contribution is -0.376. The number of hydrogen-bond donors (Lipinski definition) is 2. The van der Waals surface area contributed by atoms with Crippen molar-refractivity contribution in [3.8, 4) is 17.2 Å². The van der Waals surface area contributed by atoms with Gasteiger partial charge in [0.2, 0.25) is 0 Å². The molecule has 46 heavy (non-hydrogen) atoms. The Morgan fingerprint density at radius 3 is 2.11 bits per heavy atom. The molecule has 3 aromatic rings. The number of carbonyl (C=O) groups is 2. The number of nitrogens with one attached hydrogen (secondary N) is 1. The fourth-order valence-electron chi connectivity index (χ4n) is 5.06. The van der Waals surface area contributed by atoms with Gasteiger partial charge in [-0.15, -0.1) is 0 Å². The largest absolute Gasteiger partial charge is 0.491 e. The zero-order valence-electron chi connectivity index (χ0n) is 25.4. The van der Waals surface area contributed by atoms with Crippen LogP contribution in [0.1, 0.15) is 56.5 Å². The van der Waals surface area contributed by atoms with E-state index in [1.807, 2.05) is 13.8 Å². The molecule has 1 fully saturated rings. The maximum Gasteiger partial charge on any atom is 0.430 e. The molecule has 1 aliphatic rings. The SMILES string of the molecule is CCCc1cc(C(O)(C(F)(F)F)C(F)(F)F)ccc1Oc1ccc(CCN2C(=O)NC(C)(c3ccc(OC(C)C)cc3)C2=O)nc1. The highest BCUT2D eigenvalue weighted by molar-refractivity contribution is 6.07. The summed E-state index contributed by atoms with van der Waals surface area (Å²) in [6.07, 6.45) is -10.1. The number of amides is 3. The molecule has 4 rings (SSSR count). The molecule has 1 unspecified atom stereocenters. The van der Waals surface area contributed by atoms with Crippen LogP contribution in [0.15, 0.2) is 60.8 Å². The minimum absolute atomic E-state index is 0.00531. The van der Waals surface area contributed by atoms with E-state index in [4.69, 9.17) is 9.47 Å². The fraction of sp³-hybridized carbons (Fsp3) is 0.406. The zero-order valence-corrected chi connectivity index (χ0v) is 25.4. The van der Waals surface area contributed by atoms with Crippen LogP contribution in [0.5, 0.6) is 17.2 Å². The number of ether oxygens (including phenoxy) is 2. The molecule has 8 nitrogen and oxygen atoms in total. The summed E-state index contributed by atoms with van der Waals surface area (Å²) in [5, 5.41) is 12.5. The van der Waals surface area contributed by atoms with Crippen LogP contribution >= 0.6 is 0 Å². The van der Waals surface area contributed by atoms with Crippen molar-refractivity contribution in [1.29, 1.82) is 0 Å². The molecule has 3 amide bonds. The lowest BCUT2D eigenvalue weighted by Crippen LogP contribution is -2.53. The third kappa shape index (κ3) is 6.76. The topological polar surface area (TPSA) is 101 Å². The Balaban J connectivity index is 1.45.